The van der Waals surface area contributed by atoms with Crippen LogP contribution in [0.1, 0.15) is 23.5 Å². The highest BCUT2D eigenvalue weighted by atomic mass is 35.5. The van der Waals surface area contributed by atoms with Crippen molar-refractivity contribution in [3.63, 3.8) is 0 Å². The lowest BCUT2D eigenvalue weighted by molar-refractivity contribution is 0.870. The molecule has 0 saturated heterocycles. The maximum Gasteiger partial charge on any atom is 0.115 e. The molecule has 2 rings (SSSR count). The molecule has 0 spiro atoms. The summed E-state index contributed by atoms with van der Waals surface area (Å²) < 4.78 is 0. The van der Waals surface area contributed by atoms with Gasteiger partial charge in [0.05, 0.1) is 16.6 Å². The van der Waals surface area contributed by atoms with Crippen LogP contribution in [0.2, 0.25) is 5.02 Å². The zero-order valence-corrected chi connectivity index (χ0v) is 10.7. The van der Waals surface area contributed by atoms with Crippen LogP contribution in [0.4, 0.5) is 5.69 Å². The molecule has 0 saturated carbocycles. The molecule has 5 heteroatoms. The Morgan fingerprint density at radius 3 is 2.94 bits per heavy atom. The molecule has 86 valence electrons. The smallest absolute Gasteiger partial charge is 0.115 e. The largest absolute Gasteiger partial charge is 0.376 e. The number of nitrogens with one attached hydrogen (secondary N) is 1. The number of aromatic nitrogens is 1. The summed E-state index contributed by atoms with van der Waals surface area (Å²) in [4.78, 5) is 4.24. The predicted octanol–water partition coefficient (Wildman–Crippen LogP) is 3.84. The Morgan fingerprint density at radius 1 is 1.53 bits per heavy atom. The van der Waals surface area contributed by atoms with Gasteiger partial charge in [0.1, 0.15) is 11.1 Å². The molecule has 0 aliphatic rings. The maximum absolute atomic E-state index is 8.78. The predicted molar refractivity (Wildman–Crippen MR) is 70.3 cm³/mol. The maximum atomic E-state index is 8.78. The highest BCUT2D eigenvalue weighted by Gasteiger charge is 2.08. The third-order valence-corrected chi connectivity index (χ3v) is 3.57. The molecule has 0 radical (unpaired) electrons. The molecule has 2 aromatic rings. The van der Waals surface area contributed by atoms with Crippen LogP contribution in [0.25, 0.3) is 0 Å². The van der Waals surface area contributed by atoms with Gasteiger partial charge in [-0.2, -0.15) is 5.26 Å². The van der Waals surface area contributed by atoms with Gasteiger partial charge in [0.2, 0.25) is 0 Å². The number of nitriles is 1. The monoisotopic (exact) mass is 263 g/mol. The summed E-state index contributed by atoms with van der Waals surface area (Å²) in [6, 6.07) is 7.46. The molecule has 0 aliphatic carbocycles. The van der Waals surface area contributed by atoms with Gasteiger partial charge < -0.3 is 5.32 Å². The molecule has 0 aliphatic heterocycles. The van der Waals surface area contributed by atoms with Crippen molar-refractivity contribution < 1.29 is 0 Å². The first-order chi connectivity index (χ1) is 8.20. The number of halogens is 1. The molecule has 1 N–H and O–H groups in total. The molecule has 17 heavy (non-hydrogen) atoms. The number of benzene rings is 1. The van der Waals surface area contributed by atoms with Crippen molar-refractivity contribution in [3.8, 4) is 6.07 Å². The van der Waals surface area contributed by atoms with Crippen LogP contribution in [0.5, 0.6) is 0 Å². The van der Waals surface area contributed by atoms with Crippen molar-refractivity contribution in [3.05, 3.63) is 45.4 Å². The second-order valence-corrected chi connectivity index (χ2v) is 4.88. The minimum atomic E-state index is 0.124. The van der Waals surface area contributed by atoms with Gasteiger partial charge in [0.15, 0.2) is 0 Å². The van der Waals surface area contributed by atoms with E-state index in [2.05, 4.69) is 10.3 Å². The van der Waals surface area contributed by atoms with E-state index in [1.807, 2.05) is 24.4 Å². The van der Waals surface area contributed by atoms with Crippen LogP contribution in [0.15, 0.2) is 29.8 Å². The quantitative estimate of drug-likeness (QED) is 0.915. The molecular weight excluding hydrogens is 254 g/mol. The molecule has 0 fully saturated rings. The van der Waals surface area contributed by atoms with Crippen molar-refractivity contribution in [2.75, 3.05) is 5.32 Å². The van der Waals surface area contributed by atoms with E-state index in [0.717, 1.165) is 10.7 Å². The first-order valence-corrected chi connectivity index (χ1v) is 6.32. The molecule has 3 nitrogen and oxygen atoms in total. The van der Waals surface area contributed by atoms with Crippen LogP contribution in [0.3, 0.4) is 0 Å². The Hall–Kier alpha value is -1.57. The number of thiazole rings is 1. The van der Waals surface area contributed by atoms with Gasteiger partial charge in [0.25, 0.3) is 0 Å². The van der Waals surface area contributed by atoms with Gasteiger partial charge in [-0.3, -0.25) is 0 Å². The summed E-state index contributed by atoms with van der Waals surface area (Å²) in [5.41, 5.74) is 1.37. The van der Waals surface area contributed by atoms with Crippen molar-refractivity contribution in [2.45, 2.75) is 13.0 Å². The van der Waals surface area contributed by atoms with Gasteiger partial charge in [-0.1, -0.05) is 11.6 Å². The molecule has 1 heterocycles. The van der Waals surface area contributed by atoms with E-state index in [-0.39, 0.29) is 6.04 Å². The lowest BCUT2D eigenvalue weighted by Gasteiger charge is -2.13. The zero-order valence-electron chi connectivity index (χ0n) is 9.14. The Labute approximate surface area is 109 Å². The van der Waals surface area contributed by atoms with Crippen LogP contribution in [0, 0.1) is 11.3 Å². The third kappa shape index (κ3) is 2.76. The average molecular weight is 264 g/mol. The van der Waals surface area contributed by atoms with Gasteiger partial charge >= 0.3 is 0 Å². The number of hydrogen-bond acceptors (Lipinski definition) is 4. The first kappa shape index (κ1) is 11.9. The fourth-order valence-electron chi connectivity index (χ4n) is 1.46. The zero-order chi connectivity index (χ0) is 12.3. The molecule has 1 unspecified atom stereocenters. The summed E-state index contributed by atoms with van der Waals surface area (Å²) in [7, 11) is 0. The van der Waals surface area contributed by atoms with Gasteiger partial charge in [-0.25, -0.2) is 4.98 Å². The van der Waals surface area contributed by atoms with Crippen molar-refractivity contribution in [1.29, 1.82) is 5.26 Å². The highest BCUT2D eigenvalue weighted by Crippen LogP contribution is 2.24. The summed E-state index contributed by atoms with van der Waals surface area (Å²) in [5.74, 6) is 0. The van der Waals surface area contributed by atoms with Gasteiger partial charge in [0, 0.05) is 17.3 Å². The molecule has 1 aromatic carbocycles. The Kier molecular flexibility index (Phi) is 3.62. The molecule has 1 atom stereocenters. The number of hydrogen-bond donors (Lipinski definition) is 1. The van der Waals surface area contributed by atoms with Crippen LogP contribution in [-0.4, -0.2) is 4.98 Å². The average Bonchev–Trinajstić information content (AvgIpc) is 2.82. The summed E-state index contributed by atoms with van der Waals surface area (Å²) in [6.07, 6.45) is 1.78. The van der Waals surface area contributed by atoms with Crippen LogP contribution < -0.4 is 5.32 Å². The second kappa shape index (κ2) is 5.17. The standard InChI is InChI=1S/C12H10ClN3S/c1-8(12-15-4-5-17-12)16-10-3-2-9(7-14)11(13)6-10/h2-6,8,16H,1H3. The molecular formula is C12H10ClN3S. The molecule has 1 aromatic heterocycles. The van der Waals surface area contributed by atoms with E-state index in [9.17, 15) is 0 Å². The number of nitrogens with zero attached hydrogens (tertiary/aromatic N) is 2. The Balaban J connectivity index is 2.15. The normalized spacial score (nSPS) is 11.8. The first-order valence-electron chi connectivity index (χ1n) is 5.06. The van der Waals surface area contributed by atoms with Crippen molar-refractivity contribution in [1.82, 2.24) is 4.98 Å². The van der Waals surface area contributed by atoms with E-state index in [1.165, 1.54) is 0 Å². The summed E-state index contributed by atoms with van der Waals surface area (Å²) in [5, 5.41) is 15.5. The van der Waals surface area contributed by atoms with Crippen LogP contribution in [-0.2, 0) is 0 Å². The van der Waals surface area contributed by atoms with E-state index < -0.39 is 0 Å². The highest BCUT2D eigenvalue weighted by molar-refractivity contribution is 7.09. The molecule has 0 amide bonds. The third-order valence-electron chi connectivity index (χ3n) is 2.29. The summed E-state index contributed by atoms with van der Waals surface area (Å²) >= 11 is 7.57. The minimum absolute atomic E-state index is 0.124. The van der Waals surface area contributed by atoms with Gasteiger partial charge in [-0.15, -0.1) is 11.3 Å². The van der Waals surface area contributed by atoms with E-state index >= 15 is 0 Å². The van der Waals surface area contributed by atoms with Crippen molar-refractivity contribution in [2.24, 2.45) is 0 Å². The lowest BCUT2D eigenvalue weighted by atomic mass is 10.2. The Bertz CT molecular complexity index is 545. The van der Waals surface area contributed by atoms with E-state index in [4.69, 9.17) is 16.9 Å². The second-order valence-electron chi connectivity index (χ2n) is 3.54. The SMILES string of the molecule is CC(Nc1ccc(C#N)c(Cl)c1)c1nccs1. The molecule has 0 bridgehead atoms. The van der Waals surface area contributed by atoms with Crippen molar-refractivity contribution >= 4 is 28.6 Å². The van der Waals surface area contributed by atoms with E-state index in [0.29, 0.717) is 10.6 Å². The van der Waals surface area contributed by atoms with Gasteiger partial charge in [-0.05, 0) is 25.1 Å². The van der Waals surface area contributed by atoms with Crippen LogP contribution >= 0.6 is 22.9 Å². The fraction of sp³-hybridized carbons (Fsp3) is 0.167. The Morgan fingerprint density at radius 2 is 2.35 bits per heavy atom. The lowest BCUT2D eigenvalue weighted by Crippen LogP contribution is -2.06. The topological polar surface area (TPSA) is 48.7 Å². The van der Waals surface area contributed by atoms with E-state index in [1.54, 1.807) is 29.7 Å². The fourth-order valence-corrected chi connectivity index (χ4v) is 2.32. The number of anilines is 1. The summed E-state index contributed by atoms with van der Waals surface area (Å²) in [6.45, 7) is 2.03. The minimum Gasteiger partial charge on any atom is -0.376 e. The number of rotatable bonds is 3.